The van der Waals surface area contributed by atoms with Crippen molar-refractivity contribution in [2.75, 3.05) is 0 Å². The molecule has 7 heteroatoms. The van der Waals surface area contributed by atoms with Gasteiger partial charge in [-0.2, -0.15) is 0 Å². The Bertz CT molecular complexity index is 530. The van der Waals surface area contributed by atoms with E-state index in [1.807, 2.05) is 0 Å². The van der Waals surface area contributed by atoms with Crippen LogP contribution in [0.4, 0.5) is 0 Å². The molecule has 0 radical (unpaired) electrons. The Morgan fingerprint density at radius 3 is 1.33 bits per heavy atom. The van der Waals surface area contributed by atoms with E-state index in [4.69, 9.17) is 0 Å². The van der Waals surface area contributed by atoms with Gasteiger partial charge >= 0.3 is 23.9 Å². The molecule has 0 atom stereocenters. The zero-order chi connectivity index (χ0) is 16.1. The maximum Gasteiger partial charge on any atom is 0.338 e. The van der Waals surface area contributed by atoms with Gasteiger partial charge in [0.25, 0.3) is 0 Å². The van der Waals surface area contributed by atoms with Gasteiger partial charge in [-0.25, -0.2) is 19.2 Å². The van der Waals surface area contributed by atoms with Crippen molar-refractivity contribution in [2.24, 2.45) is 0 Å². The molecule has 21 heavy (non-hydrogen) atoms. The summed E-state index contributed by atoms with van der Waals surface area (Å²) >= 11 is 0. The van der Waals surface area contributed by atoms with Crippen molar-refractivity contribution in [3.63, 3.8) is 0 Å². The summed E-state index contributed by atoms with van der Waals surface area (Å²) in [7, 11) is 0. The van der Waals surface area contributed by atoms with Gasteiger partial charge in [-0.05, 0) is 0 Å². The van der Waals surface area contributed by atoms with Gasteiger partial charge in [0.2, 0.25) is 0 Å². The Labute approximate surface area is 119 Å². The predicted molar refractivity (Wildman–Crippen MR) is 69.0 cm³/mol. The largest absolute Gasteiger partial charge is 0.423 e. The first-order valence-electron chi connectivity index (χ1n) is 5.21. The van der Waals surface area contributed by atoms with E-state index < -0.39 is 23.9 Å². The third-order valence-electron chi connectivity index (χ3n) is 1.43. The molecular weight excluding hydrogens is 280 g/mol. The van der Waals surface area contributed by atoms with Crippen molar-refractivity contribution >= 4 is 23.9 Å². The second-order valence-electron chi connectivity index (χ2n) is 2.92. The van der Waals surface area contributed by atoms with Crippen molar-refractivity contribution in [3.05, 3.63) is 61.4 Å². The maximum atomic E-state index is 11.1. The molecule has 0 fully saturated rings. The molecule has 0 rings (SSSR count). The fraction of sp³-hybridized carbons (Fsp3) is 0. The fourth-order valence-electron chi connectivity index (χ4n) is 0.717. The molecule has 0 heterocycles. The van der Waals surface area contributed by atoms with Gasteiger partial charge < -0.3 is 14.2 Å². The monoisotopic (exact) mass is 290 g/mol. The number of hydrogen-bond acceptors (Lipinski definition) is 7. The first kappa shape index (κ1) is 17.6. The molecule has 0 amide bonds. The number of carbonyl (C=O) groups excluding carboxylic acids is 4. The topological polar surface area (TPSA) is 96.0 Å². The van der Waals surface area contributed by atoms with Crippen molar-refractivity contribution in [2.45, 2.75) is 0 Å². The van der Waals surface area contributed by atoms with Gasteiger partial charge in [-0.1, -0.05) is 24.6 Å². The normalized spacial score (nSPS) is 9.33. The van der Waals surface area contributed by atoms with Crippen LogP contribution >= 0.6 is 0 Å². The quantitative estimate of drug-likeness (QED) is 0.179. The summed E-state index contributed by atoms with van der Waals surface area (Å²) in [6.07, 6.45) is 4.57. The summed E-state index contributed by atoms with van der Waals surface area (Å²) < 4.78 is 12.9. The van der Waals surface area contributed by atoms with E-state index in [0.717, 1.165) is 24.7 Å². The van der Waals surface area contributed by atoms with Gasteiger partial charge in [0.05, 0.1) is 0 Å². The summed E-state index contributed by atoms with van der Waals surface area (Å²) in [4.78, 5) is 44.0. The number of hydrogen-bond donors (Lipinski definition) is 0. The number of esters is 4. The van der Waals surface area contributed by atoms with Gasteiger partial charge in [-0.3, -0.25) is 0 Å². The van der Waals surface area contributed by atoms with Crippen molar-refractivity contribution in [3.8, 4) is 0 Å². The molecule has 0 saturated carbocycles. The van der Waals surface area contributed by atoms with Crippen LogP contribution in [0, 0.1) is 0 Å². The van der Waals surface area contributed by atoms with Crippen LogP contribution in [-0.4, -0.2) is 23.9 Å². The van der Waals surface area contributed by atoms with Gasteiger partial charge in [0.1, 0.15) is 12.5 Å². The molecule has 7 nitrogen and oxygen atoms in total. The second-order valence-corrected chi connectivity index (χ2v) is 2.92. The SMILES string of the molecule is C=C=COC(=O)/C=C\C(=O)OC(=O)/C=C\C(=O)OC=C=C. The van der Waals surface area contributed by atoms with Crippen LogP contribution in [0.15, 0.2) is 61.4 Å². The predicted octanol–water partition coefficient (Wildman–Crippen LogP) is 0.852. The summed E-state index contributed by atoms with van der Waals surface area (Å²) in [6, 6.07) is 0. The zero-order valence-electron chi connectivity index (χ0n) is 10.7. The van der Waals surface area contributed by atoms with Crippen LogP contribution in [0.2, 0.25) is 0 Å². The maximum absolute atomic E-state index is 11.1. The highest BCUT2D eigenvalue weighted by Crippen LogP contribution is 1.90. The highest BCUT2D eigenvalue weighted by Gasteiger charge is 2.06. The Hall–Kier alpha value is -3.40. The number of rotatable bonds is 6. The van der Waals surface area contributed by atoms with Crippen LogP contribution < -0.4 is 0 Å². The lowest BCUT2D eigenvalue weighted by Crippen LogP contribution is -2.08. The van der Waals surface area contributed by atoms with E-state index in [0.29, 0.717) is 12.2 Å². The third-order valence-corrected chi connectivity index (χ3v) is 1.43. The molecule has 108 valence electrons. The van der Waals surface area contributed by atoms with Crippen molar-refractivity contribution in [1.82, 2.24) is 0 Å². The van der Waals surface area contributed by atoms with Crippen molar-refractivity contribution in [1.29, 1.82) is 0 Å². The van der Waals surface area contributed by atoms with E-state index in [1.165, 1.54) is 0 Å². The molecule has 0 aliphatic rings. The molecular formula is C14H10O7. The minimum absolute atomic E-state index is 0.670. The lowest BCUT2D eigenvalue weighted by atomic mass is 10.5. The molecule has 0 aromatic heterocycles. The van der Waals surface area contributed by atoms with Crippen LogP contribution in [0.5, 0.6) is 0 Å². The summed E-state index contributed by atoms with van der Waals surface area (Å²) in [6.45, 7) is 6.29. The van der Waals surface area contributed by atoms with Gasteiger partial charge in [0, 0.05) is 24.3 Å². The standard InChI is InChI=1S/C14H10O7/c1-3-9-19-11(15)5-7-13(17)21-14(18)8-6-12(16)20-10-4-2/h5-10H,1-2H2/b7-5-,8-6-. The smallest absolute Gasteiger partial charge is 0.338 e. The molecule has 0 unspecified atom stereocenters. The highest BCUT2D eigenvalue weighted by atomic mass is 16.6. The molecule has 0 aromatic rings. The Morgan fingerprint density at radius 1 is 0.667 bits per heavy atom. The van der Waals surface area contributed by atoms with Crippen LogP contribution in [0.25, 0.3) is 0 Å². The average molecular weight is 290 g/mol. The minimum atomic E-state index is -1.12. The number of ether oxygens (including phenoxy) is 3. The zero-order valence-corrected chi connectivity index (χ0v) is 10.7. The van der Waals surface area contributed by atoms with Crippen molar-refractivity contribution < 1.29 is 33.4 Å². The van der Waals surface area contributed by atoms with Gasteiger partial charge in [-0.15, -0.1) is 0 Å². The van der Waals surface area contributed by atoms with E-state index in [1.54, 1.807) is 0 Å². The van der Waals surface area contributed by atoms with E-state index >= 15 is 0 Å². The lowest BCUT2D eigenvalue weighted by molar-refractivity contribution is -0.153. The Kier molecular flexibility index (Phi) is 8.81. The molecule has 0 spiro atoms. The average Bonchev–Trinajstić information content (AvgIpc) is 2.46. The Balaban J connectivity index is 4.29. The second kappa shape index (κ2) is 10.5. The first-order valence-corrected chi connectivity index (χ1v) is 5.21. The Morgan fingerprint density at radius 2 is 1.00 bits per heavy atom. The van der Waals surface area contributed by atoms with E-state index in [-0.39, 0.29) is 0 Å². The summed E-state index contributed by atoms with van der Waals surface area (Å²) in [5.74, 6) is -4.01. The fourth-order valence-corrected chi connectivity index (χ4v) is 0.717. The molecule has 0 aliphatic heterocycles. The molecule has 0 aromatic carbocycles. The molecule has 0 saturated heterocycles. The highest BCUT2D eigenvalue weighted by molar-refractivity contribution is 6.01. The van der Waals surface area contributed by atoms with E-state index in [2.05, 4.69) is 38.8 Å². The first-order chi connectivity index (χ1) is 9.99. The minimum Gasteiger partial charge on any atom is -0.423 e. The number of carbonyl (C=O) groups is 4. The summed E-state index contributed by atoms with van der Waals surface area (Å²) in [5.41, 5.74) is 4.35. The van der Waals surface area contributed by atoms with E-state index in [9.17, 15) is 19.2 Å². The van der Waals surface area contributed by atoms with Crippen LogP contribution in [0.1, 0.15) is 0 Å². The lowest BCUT2D eigenvalue weighted by Gasteiger charge is -1.94. The van der Waals surface area contributed by atoms with Gasteiger partial charge in [0.15, 0.2) is 0 Å². The molecule has 0 bridgehead atoms. The molecule has 0 aliphatic carbocycles. The molecule has 0 N–H and O–H groups in total. The van der Waals surface area contributed by atoms with Crippen LogP contribution in [0.3, 0.4) is 0 Å². The summed E-state index contributed by atoms with van der Waals surface area (Å²) in [5, 5.41) is 0. The van der Waals surface area contributed by atoms with Crippen LogP contribution in [-0.2, 0) is 33.4 Å². The third kappa shape index (κ3) is 10.2.